The van der Waals surface area contributed by atoms with Crippen LogP contribution in [0.1, 0.15) is 17.3 Å². The summed E-state index contributed by atoms with van der Waals surface area (Å²) in [6.07, 6.45) is 1.96. The number of hydrogen-bond donors (Lipinski definition) is 1. The minimum atomic E-state index is -0.338. The molecule has 1 aromatic carbocycles. The zero-order valence-electron chi connectivity index (χ0n) is 12.7. The second-order valence-electron chi connectivity index (χ2n) is 5.25. The summed E-state index contributed by atoms with van der Waals surface area (Å²) in [5, 5.41) is 0.468. The molecule has 2 N–H and O–H groups in total. The average molecular weight is 342 g/mol. The first-order valence-corrected chi connectivity index (χ1v) is 8.70. The predicted octanol–water partition coefficient (Wildman–Crippen LogP) is 1.69. The summed E-state index contributed by atoms with van der Waals surface area (Å²) in [5.74, 6) is -0.400. The molecule has 0 saturated carbocycles. The largest absolute Gasteiger partial charge is 0.368 e. The van der Waals surface area contributed by atoms with Crippen molar-refractivity contribution in [3.05, 3.63) is 28.8 Å². The van der Waals surface area contributed by atoms with Crippen LogP contribution in [0.2, 0.25) is 5.02 Å². The molecule has 1 saturated heterocycles. The van der Waals surface area contributed by atoms with E-state index in [1.807, 2.05) is 23.3 Å². The molecule has 1 heterocycles. The molecule has 1 atom stereocenters. The maximum atomic E-state index is 12.6. The number of benzene rings is 1. The van der Waals surface area contributed by atoms with Crippen molar-refractivity contribution in [3.8, 4) is 0 Å². The van der Waals surface area contributed by atoms with Crippen molar-refractivity contribution in [2.24, 2.45) is 5.73 Å². The monoisotopic (exact) mass is 341 g/mol. The Labute approximate surface area is 139 Å². The standard InChI is InChI=1S/C15H20ClN3O2S/c1-10(14(17)20)18-5-7-19(8-6-18)15(21)12-9-11(22-2)3-4-13(12)16/h3-4,9-10H,5-8H2,1-2H3,(H2,17,20). The highest BCUT2D eigenvalue weighted by Gasteiger charge is 2.27. The molecule has 1 aliphatic rings. The smallest absolute Gasteiger partial charge is 0.255 e. The van der Waals surface area contributed by atoms with Gasteiger partial charge in [-0.1, -0.05) is 11.6 Å². The minimum absolute atomic E-state index is 0.0627. The van der Waals surface area contributed by atoms with Gasteiger partial charge in [-0.05, 0) is 31.4 Å². The van der Waals surface area contributed by atoms with Gasteiger partial charge < -0.3 is 10.6 Å². The van der Waals surface area contributed by atoms with Crippen LogP contribution in [0.25, 0.3) is 0 Å². The summed E-state index contributed by atoms with van der Waals surface area (Å²) in [6.45, 7) is 4.19. The summed E-state index contributed by atoms with van der Waals surface area (Å²) in [6, 6.07) is 5.18. The first-order valence-electron chi connectivity index (χ1n) is 7.10. The molecule has 0 spiro atoms. The highest BCUT2D eigenvalue weighted by Crippen LogP contribution is 2.24. The number of nitrogens with two attached hydrogens (primary N) is 1. The van der Waals surface area contributed by atoms with Crippen molar-refractivity contribution < 1.29 is 9.59 Å². The third-order valence-corrected chi connectivity index (χ3v) is 5.02. The summed E-state index contributed by atoms with van der Waals surface area (Å²) < 4.78 is 0. The van der Waals surface area contributed by atoms with E-state index in [1.165, 1.54) is 0 Å². The van der Waals surface area contributed by atoms with Crippen LogP contribution in [0, 0.1) is 0 Å². The number of primary amides is 1. The van der Waals surface area contributed by atoms with Gasteiger partial charge in [0.1, 0.15) is 0 Å². The molecule has 1 aliphatic heterocycles. The van der Waals surface area contributed by atoms with Crippen LogP contribution in [-0.2, 0) is 4.79 Å². The van der Waals surface area contributed by atoms with Crippen LogP contribution in [-0.4, -0.2) is 60.1 Å². The van der Waals surface area contributed by atoms with Gasteiger partial charge in [0, 0.05) is 31.1 Å². The number of carbonyl (C=O) groups is 2. The summed E-state index contributed by atoms with van der Waals surface area (Å²) >= 11 is 7.73. The third kappa shape index (κ3) is 3.74. The van der Waals surface area contributed by atoms with Gasteiger partial charge in [-0.15, -0.1) is 11.8 Å². The zero-order chi connectivity index (χ0) is 16.3. The fraction of sp³-hybridized carbons (Fsp3) is 0.467. The molecule has 7 heteroatoms. The van der Waals surface area contributed by atoms with Gasteiger partial charge in [0.25, 0.3) is 5.91 Å². The topological polar surface area (TPSA) is 66.6 Å². The molecule has 2 amide bonds. The van der Waals surface area contributed by atoms with E-state index in [-0.39, 0.29) is 17.9 Å². The Balaban J connectivity index is 2.05. The first kappa shape index (κ1) is 17.1. The van der Waals surface area contributed by atoms with Gasteiger partial charge >= 0.3 is 0 Å². The number of piperazine rings is 1. The number of rotatable bonds is 4. The van der Waals surface area contributed by atoms with Crippen molar-refractivity contribution in [1.29, 1.82) is 0 Å². The number of hydrogen-bond acceptors (Lipinski definition) is 4. The average Bonchev–Trinajstić information content (AvgIpc) is 2.54. The third-order valence-electron chi connectivity index (χ3n) is 3.96. The Morgan fingerprint density at radius 1 is 1.27 bits per heavy atom. The number of nitrogens with zero attached hydrogens (tertiary/aromatic N) is 2. The van der Waals surface area contributed by atoms with Gasteiger partial charge in [0.05, 0.1) is 16.6 Å². The van der Waals surface area contributed by atoms with E-state index in [4.69, 9.17) is 17.3 Å². The van der Waals surface area contributed by atoms with Crippen molar-refractivity contribution in [1.82, 2.24) is 9.80 Å². The number of amides is 2. The molecule has 22 heavy (non-hydrogen) atoms. The fourth-order valence-corrected chi connectivity index (χ4v) is 3.10. The molecule has 2 rings (SSSR count). The van der Waals surface area contributed by atoms with Crippen LogP contribution in [0.3, 0.4) is 0 Å². The fourth-order valence-electron chi connectivity index (χ4n) is 2.46. The zero-order valence-corrected chi connectivity index (χ0v) is 14.3. The van der Waals surface area contributed by atoms with E-state index < -0.39 is 0 Å². The predicted molar refractivity (Wildman–Crippen MR) is 89.4 cm³/mol. The molecule has 0 aromatic heterocycles. The van der Waals surface area contributed by atoms with Crippen LogP contribution < -0.4 is 5.73 Å². The van der Waals surface area contributed by atoms with Crippen LogP contribution in [0.5, 0.6) is 0 Å². The van der Waals surface area contributed by atoms with Gasteiger partial charge in [-0.3, -0.25) is 14.5 Å². The molecule has 120 valence electrons. The molecular formula is C15H20ClN3O2S. The molecule has 0 bridgehead atoms. The van der Waals surface area contributed by atoms with E-state index in [2.05, 4.69) is 0 Å². The summed E-state index contributed by atoms with van der Waals surface area (Å²) in [5.41, 5.74) is 5.86. The quantitative estimate of drug-likeness (QED) is 0.846. The number of thioether (sulfide) groups is 1. The van der Waals surface area contributed by atoms with Crippen LogP contribution in [0.15, 0.2) is 23.1 Å². The minimum Gasteiger partial charge on any atom is -0.368 e. The Morgan fingerprint density at radius 2 is 1.91 bits per heavy atom. The van der Waals surface area contributed by atoms with Gasteiger partial charge in [0.2, 0.25) is 5.91 Å². The molecule has 0 aliphatic carbocycles. The molecule has 5 nitrogen and oxygen atoms in total. The van der Waals surface area contributed by atoms with E-state index in [9.17, 15) is 9.59 Å². The Kier molecular flexibility index (Phi) is 5.72. The Morgan fingerprint density at radius 3 is 2.45 bits per heavy atom. The highest BCUT2D eigenvalue weighted by molar-refractivity contribution is 7.98. The highest BCUT2D eigenvalue weighted by atomic mass is 35.5. The van der Waals surface area contributed by atoms with E-state index >= 15 is 0 Å². The Hall–Kier alpha value is -1.24. The summed E-state index contributed by atoms with van der Waals surface area (Å²) in [7, 11) is 0. The molecule has 0 radical (unpaired) electrons. The second kappa shape index (κ2) is 7.35. The van der Waals surface area contributed by atoms with E-state index in [1.54, 1.807) is 29.7 Å². The van der Waals surface area contributed by atoms with Gasteiger partial charge in [-0.2, -0.15) is 0 Å². The molecule has 1 aromatic rings. The van der Waals surface area contributed by atoms with Gasteiger partial charge in [0.15, 0.2) is 0 Å². The van der Waals surface area contributed by atoms with Crippen molar-refractivity contribution in [2.45, 2.75) is 17.9 Å². The molecular weight excluding hydrogens is 322 g/mol. The lowest BCUT2D eigenvalue weighted by Crippen LogP contribution is -2.54. The lowest BCUT2D eigenvalue weighted by atomic mass is 10.1. The molecule has 1 unspecified atom stereocenters. The summed E-state index contributed by atoms with van der Waals surface area (Å²) in [4.78, 5) is 28.6. The van der Waals surface area contributed by atoms with Crippen molar-refractivity contribution in [3.63, 3.8) is 0 Å². The lowest BCUT2D eigenvalue weighted by Gasteiger charge is -2.37. The number of carbonyl (C=O) groups excluding carboxylic acids is 2. The Bertz CT molecular complexity index is 574. The SMILES string of the molecule is CSc1ccc(Cl)c(C(=O)N2CCN(C(C)C(N)=O)CC2)c1. The van der Waals surface area contributed by atoms with Crippen LogP contribution >= 0.6 is 23.4 Å². The van der Waals surface area contributed by atoms with Crippen LogP contribution in [0.4, 0.5) is 0 Å². The maximum Gasteiger partial charge on any atom is 0.255 e. The van der Waals surface area contributed by atoms with E-state index in [0.717, 1.165) is 4.90 Å². The first-order chi connectivity index (χ1) is 10.4. The van der Waals surface area contributed by atoms with Gasteiger partial charge in [-0.25, -0.2) is 0 Å². The molecule has 1 fully saturated rings. The number of halogens is 1. The van der Waals surface area contributed by atoms with Crippen molar-refractivity contribution >= 4 is 35.2 Å². The lowest BCUT2D eigenvalue weighted by molar-refractivity contribution is -0.123. The maximum absolute atomic E-state index is 12.6. The second-order valence-corrected chi connectivity index (χ2v) is 6.54. The van der Waals surface area contributed by atoms with E-state index in [0.29, 0.717) is 36.8 Å². The normalized spacial score (nSPS) is 17.3. The van der Waals surface area contributed by atoms with Crippen molar-refractivity contribution in [2.75, 3.05) is 32.4 Å².